The number of halogens is 2. The predicted molar refractivity (Wildman–Crippen MR) is 107 cm³/mol. The molecule has 1 saturated heterocycles. The molecule has 0 unspecified atom stereocenters. The third kappa shape index (κ3) is 4.28. The van der Waals surface area contributed by atoms with Gasteiger partial charge in [0.15, 0.2) is 17.6 Å². The van der Waals surface area contributed by atoms with Gasteiger partial charge in [0.25, 0.3) is 18.1 Å². The number of hydrogen-bond acceptors (Lipinski definition) is 6. The average molecular weight is 431 g/mol. The molecule has 3 heterocycles. The number of hydrogen-bond donors (Lipinski definition) is 0. The van der Waals surface area contributed by atoms with Crippen molar-refractivity contribution in [1.29, 1.82) is 0 Å². The number of likely N-dealkylation sites (tertiary alicyclic amines) is 1. The van der Waals surface area contributed by atoms with Gasteiger partial charge in [-0.15, -0.1) is 0 Å². The van der Waals surface area contributed by atoms with Crippen LogP contribution in [0.25, 0.3) is 5.78 Å². The van der Waals surface area contributed by atoms with E-state index in [0.29, 0.717) is 43.1 Å². The molecule has 1 aromatic carbocycles. The van der Waals surface area contributed by atoms with Crippen molar-refractivity contribution in [1.82, 2.24) is 24.5 Å². The van der Waals surface area contributed by atoms with Gasteiger partial charge in [-0.3, -0.25) is 4.79 Å². The van der Waals surface area contributed by atoms with Gasteiger partial charge in [-0.1, -0.05) is 12.1 Å². The Labute approximate surface area is 177 Å². The third-order valence-electron chi connectivity index (χ3n) is 5.47. The first-order valence-corrected chi connectivity index (χ1v) is 10.0. The molecule has 0 N–H and O–H groups in total. The zero-order valence-electron chi connectivity index (χ0n) is 17.2. The second-order valence-corrected chi connectivity index (χ2v) is 7.39. The van der Waals surface area contributed by atoms with Gasteiger partial charge >= 0.3 is 0 Å². The number of amides is 1. The summed E-state index contributed by atoms with van der Waals surface area (Å²) in [6, 6.07) is 8.55. The van der Waals surface area contributed by atoms with Gasteiger partial charge in [-0.2, -0.15) is 14.6 Å². The van der Waals surface area contributed by atoms with Crippen LogP contribution in [-0.4, -0.2) is 56.7 Å². The third-order valence-corrected chi connectivity index (χ3v) is 5.47. The zero-order valence-corrected chi connectivity index (χ0v) is 17.2. The number of benzene rings is 1. The largest absolute Gasteiger partial charge is 0.493 e. The van der Waals surface area contributed by atoms with Gasteiger partial charge in [-0.25, -0.2) is 13.8 Å². The molecule has 164 valence electrons. The van der Waals surface area contributed by atoms with Gasteiger partial charge in [0, 0.05) is 24.7 Å². The van der Waals surface area contributed by atoms with Crippen LogP contribution >= 0.6 is 0 Å². The highest BCUT2D eigenvalue weighted by molar-refractivity contribution is 5.81. The first-order valence-electron chi connectivity index (χ1n) is 10.0. The lowest BCUT2D eigenvalue weighted by Gasteiger charge is -2.33. The molecular formula is C21H23F2N5O3. The number of nitrogens with zero attached hydrogens (tertiary/aromatic N) is 5. The van der Waals surface area contributed by atoms with Crippen LogP contribution in [0.4, 0.5) is 8.78 Å². The van der Waals surface area contributed by atoms with Gasteiger partial charge in [0.1, 0.15) is 12.0 Å². The van der Waals surface area contributed by atoms with Crippen LogP contribution in [-0.2, 0) is 4.79 Å². The molecule has 1 aliphatic heterocycles. The molecular weight excluding hydrogens is 408 g/mol. The van der Waals surface area contributed by atoms with Crippen LogP contribution in [0.2, 0.25) is 0 Å². The maximum atomic E-state index is 13.4. The molecule has 1 aliphatic rings. The summed E-state index contributed by atoms with van der Waals surface area (Å²) in [5, 5.41) is 3.81. The minimum Gasteiger partial charge on any atom is -0.493 e. The number of ether oxygens (including phenoxy) is 2. The summed E-state index contributed by atoms with van der Waals surface area (Å²) in [6.45, 7) is 2.69. The fourth-order valence-electron chi connectivity index (χ4n) is 3.83. The monoisotopic (exact) mass is 431 g/mol. The molecule has 1 amide bonds. The number of alkyl halides is 2. The van der Waals surface area contributed by atoms with Crippen LogP contribution in [0.15, 0.2) is 36.7 Å². The Morgan fingerprint density at radius 3 is 2.58 bits per heavy atom. The first kappa shape index (κ1) is 21.0. The summed E-state index contributed by atoms with van der Waals surface area (Å²) in [6.07, 6.45) is -0.910. The molecule has 0 saturated carbocycles. The van der Waals surface area contributed by atoms with E-state index in [9.17, 15) is 13.6 Å². The van der Waals surface area contributed by atoms with E-state index in [-0.39, 0.29) is 23.3 Å². The molecule has 2 aromatic heterocycles. The van der Waals surface area contributed by atoms with Gasteiger partial charge in [0.2, 0.25) is 0 Å². The normalized spacial score (nSPS) is 16.0. The van der Waals surface area contributed by atoms with Crippen LogP contribution in [0.3, 0.4) is 0 Å². The fourth-order valence-corrected chi connectivity index (χ4v) is 3.83. The second-order valence-electron chi connectivity index (χ2n) is 7.39. The number of piperidine rings is 1. The molecule has 31 heavy (non-hydrogen) atoms. The van der Waals surface area contributed by atoms with E-state index < -0.39 is 12.5 Å². The quantitative estimate of drug-likeness (QED) is 0.596. The smallest absolute Gasteiger partial charge is 0.280 e. The number of fused-ring (bicyclic) bond motifs is 1. The Hall–Kier alpha value is -3.30. The van der Waals surface area contributed by atoms with Crippen molar-refractivity contribution in [2.24, 2.45) is 0 Å². The first-order chi connectivity index (χ1) is 15.0. The average Bonchev–Trinajstić information content (AvgIpc) is 3.27. The lowest BCUT2D eigenvalue weighted by molar-refractivity contribution is -0.139. The Morgan fingerprint density at radius 1 is 1.19 bits per heavy atom. The highest BCUT2D eigenvalue weighted by Gasteiger charge is 2.29. The van der Waals surface area contributed by atoms with E-state index >= 15 is 0 Å². The van der Waals surface area contributed by atoms with Crippen molar-refractivity contribution in [2.75, 3.05) is 20.2 Å². The number of methoxy groups -OCH3 is 1. The topological polar surface area (TPSA) is 81.9 Å². The molecule has 0 aliphatic carbocycles. The van der Waals surface area contributed by atoms with Crippen molar-refractivity contribution < 1.29 is 23.0 Å². The van der Waals surface area contributed by atoms with E-state index in [2.05, 4.69) is 15.1 Å². The highest BCUT2D eigenvalue weighted by Crippen LogP contribution is 2.31. The molecule has 3 aromatic rings. The van der Waals surface area contributed by atoms with Crippen molar-refractivity contribution >= 4 is 11.7 Å². The summed E-state index contributed by atoms with van der Waals surface area (Å²) in [5.74, 6) is 1.06. The van der Waals surface area contributed by atoms with Crippen LogP contribution in [0.5, 0.6) is 11.5 Å². The van der Waals surface area contributed by atoms with Crippen molar-refractivity contribution in [3.05, 3.63) is 48.0 Å². The number of aromatic nitrogens is 4. The van der Waals surface area contributed by atoms with E-state index in [1.54, 1.807) is 31.1 Å². The summed E-state index contributed by atoms with van der Waals surface area (Å²) in [7, 11) is 1.55. The van der Waals surface area contributed by atoms with E-state index in [4.69, 9.17) is 9.47 Å². The van der Waals surface area contributed by atoms with Crippen molar-refractivity contribution in [3.8, 4) is 11.5 Å². The Bertz CT molecular complexity index is 1070. The van der Waals surface area contributed by atoms with Crippen molar-refractivity contribution in [2.45, 2.75) is 38.2 Å². The van der Waals surface area contributed by atoms with E-state index in [1.807, 2.05) is 12.1 Å². The highest BCUT2D eigenvalue weighted by atomic mass is 19.3. The van der Waals surface area contributed by atoms with Gasteiger partial charge < -0.3 is 14.4 Å². The zero-order chi connectivity index (χ0) is 22.0. The molecule has 1 atom stereocenters. The summed E-state index contributed by atoms with van der Waals surface area (Å²) in [4.78, 5) is 22.9. The molecule has 0 radical (unpaired) electrons. The Morgan fingerprint density at radius 2 is 1.90 bits per heavy atom. The van der Waals surface area contributed by atoms with E-state index in [1.165, 1.54) is 12.4 Å². The minimum atomic E-state index is -2.68. The molecule has 4 rings (SSSR count). The van der Waals surface area contributed by atoms with Crippen molar-refractivity contribution in [3.63, 3.8) is 0 Å². The number of carbonyl (C=O) groups excluding carboxylic acids is 1. The standard InChI is InChI=1S/C21H23F2N5O3/c1-13(31-18-6-4-3-5-17(18)30-2)20(29)27-9-7-14(8-10-27)15-11-16(19(22)23)28-21(26-15)24-12-25-28/h3-6,11-14,19H,7-10H2,1-2H3/t13-/m1/s1. The molecule has 8 nitrogen and oxygen atoms in total. The van der Waals surface area contributed by atoms with Crippen LogP contribution in [0.1, 0.15) is 43.5 Å². The molecule has 10 heteroatoms. The number of carbonyl (C=O) groups is 1. The lowest BCUT2D eigenvalue weighted by atomic mass is 9.92. The summed E-state index contributed by atoms with van der Waals surface area (Å²) < 4.78 is 39.0. The summed E-state index contributed by atoms with van der Waals surface area (Å²) in [5.41, 5.74) is 0.330. The maximum Gasteiger partial charge on any atom is 0.280 e. The Kier molecular flexibility index (Phi) is 5.97. The predicted octanol–water partition coefficient (Wildman–Crippen LogP) is 3.24. The molecule has 0 spiro atoms. The molecule has 0 bridgehead atoms. The van der Waals surface area contributed by atoms with E-state index in [0.717, 1.165) is 4.52 Å². The maximum absolute atomic E-state index is 13.4. The number of para-hydroxylation sites is 2. The number of rotatable bonds is 6. The molecule has 1 fully saturated rings. The van der Waals surface area contributed by atoms with Crippen LogP contribution in [0, 0.1) is 0 Å². The minimum absolute atomic E-state index is 0.0336. The SMILES string of the molecule is COc1ccccc1O[C@H](C)C(=O)N1CCC(c2cc(C(F)F)n3ncnc3n2)CC1. The lowest BCUT2D eigenvalue weighted by Crippen LogP contribution is -2.44. The second kappa shape index (κ2) is 8.83. The fraction of sp³-hybridized carbons (Fsp3) is 0.429. The Balaban J connectivity index is 1.41. The summed E-state index contributed by atoms with van der Waals surface area (Å²) >= 11 is 0. The van der Waals surface area contributed by atoms with Crippen LogP contribution < -0.4 is 9.47 Å². The van der Waals surface area contributed by atoms with Gasteiger partial charge in [-0.05, 0) is 38.0 Å². The van der Waals surface area contributed by atoms with Gasteiger partial charge in [0.05, 0.1) is 7.11 Å².